The largest absolute Gasteiger partial charge is 2.00 e. The van der Waals surface area contributed by atoms with E-state index in [1.165, 1.54) is 369 Å². The van der Waals surface area contributed by atoms with Crippen molar-refractivity contribution >= 4 is 11.4 Å². The molecule has 1 heterocycles. The molecule has 1 aliphatic heterocycles. The second-order valence-corrected chi connectivity index (χ2v) is 30.8. The molecular weight excluding hydrogens is 1240 g/mol. The van der Waals surface area contributed by atoms with E-state index in [9.17, 15) is 5.53 Å². The van der Waals surface area contributed by atoms with Crippen molar-refractivity contribution in [2.45, 2.75) is 493 Å². The Hall–Kier alpha value is -2.51. The third kappa shape index (κ3) is 48.3. The molecule has 0 aliphatic carbocycles. The molecule has 0 unspecified atom stereocenters. The van der Waals surface area contributed by atoms with E-state index in [1.54, 1.807) is 50.2 Å². The minimum atomic E-state index is 0. The van der Waals surface area contributed by atoms with E-state index in [0.29, 0.717) is 0 Å². The van der Waals surface area contributed by atoms with Gasteiger partial charge in [0.05, 0.1) is 0 Å². The van der Waals surface area contributed by atoms with Crippen LogP contribution in [0.5, 0.6) is 0 Å². The van der Waals surface area contributed by atoms with Crippen molar-refractivity contribution in [1.29, 1.82) is 0 Å². The number of hydrogen-bond donors (Lipinski definition) is 0. The Morgan fingerprint density at radius 3 is 0.636 bits per heavy atom. The zero-order chi connectivity index (χ0) is 71.4. The molecule has 3 rings (SSSR count). The number of nitrogens with zero attached hydrogens (tertiary/aromatic N) is 2. The van der Waals surface area contributed by atoms with E-state index in [1.807, 2.05) is 0 Å². The van der Waals surface area contributed by atoms with E-state index in [2.05, 4.69) is 93.5 Å². The Bertz CT molecular complexity index is 2000. The summed E-state index contributed by atoms with van der Waals surface area (Å²) in [5.41, 5.74) is 30.3. The summed E-state index contributed by atoms with van der Waals surface area (Å²) in [7, 11) is 0. The fourth-order valence-electron chi connectivity index (χ4n) is 15.2. The fraction of sp³-hybridized carbons (Fsp3) is 0.792. The number of hydrogen-bond acceptors (Lipinski definition) is 0. The first-order chi connectivity index (χ1) is 48.3. The van der Waals surface area contributed by atoms with Crippen molar-refractivity contribution in [2.75, 3.05) is 0 Å². The van der Waals surface area contributed by atoms with Crippen LogP contribution in [-0.4, -0.2) is 4.70 Å². The Labute approximate surface area is 632 Å². The van der Waals surface area contributed by atoms with Gasteiger partial charge in [0, 0.05) is 22.3 Å². The van der Waals surface area contributed by atoms with Crippen LogP contribution in [0.4, 0.5) is 0 Å². The van der Waals surface area contributed by atoms with Gasteiger partial charge in [-0.2, -0.15) is 0 Å². The maximum Gasteiger partial charge on any atom is 2.00 e. The molecule has 99 heavy (non-hydrogen) atoms. The van der Waals surface area contributed by atoms with Crippen molar-refractivity contribution in [3.8, 4) is 0 Å². The number of unbranched alkanes of at least 4 members (excludes halogenated alkanes) is 48. The minimum absolute atomic E-state index is 0. The predicted molar refractivity (Wildman–Crippen MR) is 444 cm³/mol. The Morgan fingerprint density at radius 1 is 0.242 bits per heavy atom. The van der Waals surface area contributed by atoms with Crippen LogP contribution >= 0.6 is 0 Å². The molecular formula is C96H170N2Ni. The molecule has 2 aromatic carbocycles. The Balaban J connectivity index is 0.00000200. The topological polar surface area (TPSA) is 25.3 Å². The summed E-state index contributed by atoms with van der Waals surface area (Å²) in [5.74, 6) is 0. The molecule has 2 nitrogen and oxygen atoms in total. The van der Waals surface area contributed by atoms with Crippen LogP contribution in [0, 0.1) is 13.2 Å². The molecule has 1 aliphatic rings. The summed E-state index contributed by atoms with van der Waals surface area (Å²) < 4.78 is 1.75. The summed E-state index contributed by atoms with van der Waals surface area (Å²) in [6.07, 6.45) is 90.7. The summed E-state index contributed by atoms with van der Waals surface area (Å²) in [4.78, 5) is 0. The van der Waals surface area contributed by atoms with Crippen LogP contribution in [-0.2, 0) is 55.0 Å². The monoisotopic (exact) mass is 1410 g/mol. The second kappa shape index (κ2) is 72.4. The van der Waals surface area contributed by atoms with Crippen LogP contribution in [0.1, 0.15) is 499 Å². The summed E-state index contributed by atoms with van der Waals surface area (Å²) in [5, 5.41) is 0. The normalized spacial score (nSPS) is 12.1. The zero-order valence-corrected chi connectivity index (χ0v) is 69.5. The average Bonchev–Trinajstić information content (AvgIpc) is 1.64. The SMILES string of the molecule is CCCCCCc1cc(C2=C(CCCC)C(CCCC)=C(c3cc(CCCCCC)c(CCCCC)c(CCCCCC)c3)[N+]2=[N-])cc(CCCCCC)c1CCCCC.[CH-]=CCCCCCCCCCCCCCCCCC.[CH-]=CCCCCCCCCCCCCCCCCC.[Ni+2]. The van der Waals surface area contributed by atoms with Gasteiger partial charge in [0.25, 0.3) is 0 Å². The van der Waals surface area contributed by atoms with E-state index < -0.39 is 0 Å². The molecule has 0 spiro atoms. The van der Waals surface area contributed by atoms with Crippen LogP contribution in [0.25, 0.3) is 16.9 Å². The maximum absolute atomic E-state index is 13.0. The molecule has 0 saturated carbocycles. The van der Waals surface area contributed by atoms with Gasteiger partial charge >= 0.3 is 16.5 Å². The van der Waals surface area contributed by atoms with Gasteiger partial charge in [-0.05, 0) is 160 Å². The Kier molecular flexibility index (Phi) is 70.6. The molecule has 574 valence electrons. The van der Waals surface area contributed by atoms with Crippen molar-refractivity contribution in [1.82, 2.24) is 0 Å². The van der Waals surface area contributed by atoms with Gasteiger partial charge in [0.2, 0.25) is 11.4 Å². The quantitative estimate of drug-likeness (QED) is 0.0273. The summed E-state index contributed by atoms with van der Waals surface area (Å²) in [6, 6.07) is 10.3. The van der Waals surface area contributed by atoms with Gasteiger partial charge in [-0.25, -0.2) is 4.70 Å². The number of aryl methyl sites for hydroxylation is 4. The summed E-state index contributed by atoms with van der Waals surface area (Å²) >= 11 is 0. The van der Waals surface area contributed by atoms with Gasteiger partial charge in [0.15, 0.2) is 0 Å². The van der Waals surface area contributed by atoms with Crippen molar-refractivity contribution in [2.24, 2.45) is 0 Å². The van der Waals surface area contributed by atoms with Gasteiger partial charge in [-0.1, -0.05) is 390 Å². The molecule has 0 fully saturated rings. The predicted octanol–water partition coefficient (Wildman–Crippen LogP) is 33.7. The molecule has 0 aromatic heterocycles. The first-order valence-corrected chi connectivity index (χ1v) is 44.6. The van der Waals surface area contributed by atoms with Crippen molar-refractivity contribution in [3.63, 3.8) is 0 Å². The standard InChI is InChI=1S/C58H96N2.2C19H37.Ni/c1-9-17-25-31-35-47-43-51(44-48(36-32-26-18-10-2)53(47)41-29-21-13-5)57-55(39-23-15-7)56(40-24-16-8)58(60(57)59)52-45-49(37-33-27-19-11-3)54(42-30-22-14-6)50(46-52)38-34-28-20-12-4;2*1-3-5-7-9-11-13-15-17-19-18-16-14-12-10-8-6-4-2;/h43-46H,9-42H2,1-8H3;2*1,3H,4-19H2,2H3;/q;2*-1;+2. The van der Waals surface area contributed by atoms with Crippen LogP contribution in [0.2, 0.25) is 0 Å². The first-order valence-electron chi connectivity index (χ1n) is 44.6. The van der Waals surface area contributed by atoms with Gasteiger partial charge < -0.3 is 18.7 Å². The second-order valence-electron chi connectivity index (χ2n) is 30.8. The molecule has 0 N–H and O–H groups in total. The molecule has 2 aromatic rings. The van der Waals surface area contributed by atoms with Gasteiger partial charge in [-0.15, -0.1) is 0 Å². The van der Waals surface area contributed by atoms with Crippen molar-refractivity contribution in [3.05, 3.63) is 111 Å². The molecule has 3 heteroatoms. The Morgan fingerprint density at radius 2 is 0.424 bits per heavy atom. The van der Waals surface area contributed by atoms with Crippen molar-refractivity contribution < 1.29 is 21.2 Å². The van der Waals surface area contributed by atoms with Crippen LogP contribution in [0.15, 0.2) is 47.6 Å². The first kappa shape index (κ1) is 96.5. The molecule has 0 atom stereocenters. The molecule has 0 saturated heterocycles. The molecule has 0 radical (unpaired) electrons. The number of allylic oxidation sites excluding steroid dienone is 4. The third-order valence-corrected chi connectivity index (χ3v) is 21.5. The van der Waals surface area contributed by atoms with Gasteiger partial charge in [0.1, 0.15) is 0 Å². The van der Waals surface area contributed by atoms with Crippen LogP contribution in [0.3, 0.4) is 0 Å². The number of benzene rings is 2. The number of rotatable bonds is 68. The van der Waals surface area contributed by atoms with E-state index >= 15 is 0 Å². The van der Waals surface area contributed by atoms with Crippen LogP contribution < -0.4 is 0 Å². The molecule has 0 bridgehead atoms. The summed E-state index contributed by atoms with van der Waals surface area (Å²) in [6.45, 7) is 34.0. The van der Waals surface area contributed by atoms with E-state index in [-0.39, 0.29) is 16.5 Å². The van der Waals surface area contributed by atoms with Gasteiger partial charge in [-0.3, -0.25) is 12.2 Å². The van der Waals surface area contributed by atoms with E-state index in [4.69, 9.17) is 13.2 Å². The third-order valence-electron chi connectivity index (χ3n) is 21.5. The smallest absolute Gasteiger partial charge is 0.518 e. The average molecular weight is 1410 g/mol. The minimum Gasteiger partial charge on any atom is -0.518 e. The maximum atomic E-state index is 13.0. The molecule has 0 amide bonds. The fourth-order valence-corrected chi connectivity index (χ4v) is 15.2. The van der Waals surface area contributed by atoms with E-state index in [0.717, 1.165) is 88.4 Å². The zero-order valence-electron chi connectivity index (χ0n) is 68.5.